The number of amides is 3. The Morgan fingerprint density at radius 2 is 1.52 bits per heavy atom. The second kappa shape index (κ2) is 12.5. The maximum atomic E-state index is 15.1. The zero-order valence-electron chi connectivity index (χ0n) is 27.8. The van der Waals surface area contributed by atoms with E-state index in [0.717, 1.165) is 27.9 Å². The van der Waals surface area contributed by atoms with Crippen LogP contribution in [0.1, 0.15) is 35.6 Å². The summed E-state index contributed by atoms with van der Waals surface area (Å²) in [6.45, 7) is 6.66. The highest BCUT2D eigenvalue weighted by molar-refractivity contribution is 6.06. The van der Waals surface area contributed by atoms with Gasteiger partial charge in [-0.25, -0.2) is 0 Å². The fourth-order valence-electron chi connectivity index (χ4n) is 8.45. The largest absolute Gasteiger partial charge is 0.394 e. The first-order chi connectivity index (χ1) is 23.2. The number of likely N-dealkylation sites (tertiary alicyclic amines) is 1. The lowest BCUT2D eigenvalue weighted by Gasteiger charge is -2.41. The molecule has 3 amide bonds. The highest BCUT2D eigenvalue weighted by atomic mass is 16.5. The number of anilines is 1. The van der Waals surface area contributed by atoms with E-state index in [0.29, 0.717) is 25.9 Å². The van der Waals surface area contributed by atoms with E-state index in [9.17, 15) is 9.90 Å². The van der Waals surface area contributed by atoms with Gasteiger partial charge in [0, 0.05) is 25.3 Å². The molecule has 7 rings (SSSR count). The van der Waals surface area contributed by atoms with Crippen molar-refractivity contribution in [3.63, 3.8) is 0 Å². The number of benzene rings is 3. The Morgan fingerprint density at radius 3 is 2.21 bits per heavy atom. The van der Waals surface area contributed by atoms with Gasteiger partial charge in [0.05, 0.1) is 30.1 Å². The summed E-state index contributed by atoms with van der Waals surface area (Å²) in [6, 6.07) is 23.7. The molecule has 6 atom stereocenters. The summed E-state index contributed by atoms with van der Waals surface area (Å²) in [5, 5.41) is 10.9. The third kappa shape index (κ3) is 5.09. The predicted octanol–water partition coefficient (Wildman–Crippen LogP) is 4.77. The maximum absolute atomic E-state index is 15.1. The third-order valence-electron chi connectivity index (χ3n) is 10.8. The zero-order chi connectivity index (χ0) is 33.6. The number of hydrogen-bond acceptors (Lipinski definition) is 5. The number of nitrogens with zero attached hydrogens (tertiary/aromatic N) is 3. The minimum Gasteiger partial charge on any atom is -0.394 e. The molecular formula is C40H43N3O5. The average Bonchev–Trinajstić information content (AvgIpc) is 3.40. The third-order valence-corrected chi connectivity index (χ3v) is 10.8. The van der Waals surface area contributed by atoms with E-state index in [1.54, 1.807) is 14.7 Å². The Balaban J connectivity index is 1.37. The maximum Gasteiger partial charge on any atom is 0.253 e. The first kappa shape index (κ1) is 32.0. The van der Waals surface area contributed by atoms with Crippen molar-refractivity contribution >= 4 is 23.4 Å². The minimum atomic E-state index is -1.42. The topological polar surface area (TPSA) is 90.4 Å². The van der Waals surface area contributed by atoms with Crippen LogP contribution in [-0.4, -0.2) is 75.6 Å². The quantitative estimate of drug-likeness (QED) is 0.357. The molecule has 0 aliphatic carbocycles. The van der Waals surface area contributed by atoms with E-state index in [4.69, 9.17) is 4.74 Å². The lowest BCUT2D eigenvalue weighted by atomic mass is 9.73. The molecule has 1 unspecified atom stereocenters. The van der Waals surface area contributed by atoms with Crippen LogP contribution in [0.5, 0.6) is 0 Å². The van der Waals surface area contributed by atoms with E-state index >= 15 is 9.59 Å². The number of rotatable bonds is 8. The molecule has 8 nitrogen and oxygen atoms in total. The highest BCUT2D eigenvalue weighted by Crippen LogP contribution is 2.59. The minimum absolute atomic E-state index is 0.165. The molecule has 2 fully saturated rings. The molecule has 0 aromatic heterocycles. The molecule has 0 saturated carbocycles. The van der Waals surface area contributed by atoms with Crippen molar-refractivity contribution in [2.75, 3.05) is 24.6 Å². The number of hydrogen-bond donors (Lipinski definition) is 1. The van der Waals surface area contributed by atoms with Gasteiger partial charge in [0.1, 0.15) is 11.6 Å². The Labute approximate surface area is 282 Å². The fourth-order valence-corrected chi connectivity index (χ4v) is 8.45. The molecule has 1 N–H and O–H groups in total. The van der Waals surface area contributed by atoms with Crippen molar-refractivity contribution in [3.8, 4) is 0 Å². The van der Waals surface area contributed by atoms with Gasteiger partial charge >= 0.3 is 0 Å². The van der Waals surface area contributed by atoms with Gasteiger partial charge < -0.3 is 24.5 Å². The van der Waals surface area contributed by atoms with E-state index < -0.39 is 35.1 Å². The van der Waals surface area contributed by atoms with Crippen LogP contribution in [0, 0.1) is 25.7 Å². The molecule has 4 heterocycles. The molecule has 3 aromatic carbocycles. The molecule has 8 heteroatoms. The Bertz CT molecular complexity index is 1770. The van der Waals surface area contributed by atoms with Crippen molar-refractivity contribution in [1.82, 2.24) is 9.80 Å². The summed E-state index contributed by atoms with van der Waals surface area (Å²) in [7, 11) is 0. The van der Waals surface area contributed by atoms with Crippen LogP contribution in [-0.2, 0) is 32.1 Å². The molecule has 0 radical (unpaired) electrons. The van der Waals surface area contributed by atoms with Crippen LogP contribution in [0.25, 0.3) is 0 Å². The summed E-state index contributed by atoms with van der Waals surface area (Å²) in [5.41, 5.74) is 2.14. The first-order valence-electron chi connectivity index (χ1n) is 17.0. The molecule has 48 heavy (non-hydrogen) atoms. The van der Waals surface area contributed by atoms with Crippen molar-refractivity contribution in [2.45, 2.75) is 63.4 Å². The van der Waals surface area contributed by atoms with Crippen molar-refractivity contribution < 1.29 is 24.2 Å². The van der Waals surface area contributed by atoms with Gasteiger partial charge in [-0.05, 0) is 55.0 Å². The smallest absolute Gasteiger partial charge is 0.253 e. The molecule has 4 aliphatic heterocycles. The number of aryl methyl sites for hydroxylation is 2. The monoisotopic (exact) mass is 645 g/mol. The van der Waals surface area contributed by atoms with Crippen LogP contribution >= 0.6 is 0 Å². The van der Waals surface area contributed by atoms with Crippen molar-refractivity contribution in [3.05, 3.63) is 125 Å². The van der Waals surface area contributed by atoms with Crippen LogP contribution in [0.4, 0.5) is 5.69 Å². The van der Waals surface area contributed by atoms with E-state index in [1.807, 2.05) is 124 Å². The van der Waals surface area contributed by atoms with Gasteiger partial charge in [-0.3, -0.25) is 14.4 Å². The van der Waals surface area contributed by atoms with E-state index in [-0.39, 0.29) is 30.9 Å². The normalized spacial score (nSPS) is 28.6. The van der Waals surface area contributed by atoms with Crippen LogP contribution in [0.3, 0.4) is 0 Å². The van der Waals surface area contributed by atoms with E-state index in [2.05, 4.69) is 0 Å². The molecular weight excluding hydrogens is 602 g/mol. The fraction of sp³-hybridized carbons (Fsp3) is 0.375. The summed E-state index contributed by atoms with van der Waals surface area (Å²) in [6.07, 6.45) is 8.53. The standard InChI is InChI=1S/C40H43N3O5/c1-4-39-19-11-21-41(25-30-15-9-6-10-16-30)36(45)33(39)34-37(46)43(31(26-44)24-29-13-7-5-8-14-29)35-38(47)42(22-12-20-40(34,35)48-39)32-23-27(2)17-18-28(32)3/h5-20,23,31,33-35,44H,4,21-22,24-26H2,1-3H3/t31-,33-,34+,35?,39+,40+/m1/s1. The number of aliphatic hydroxyl groups excluding tert-OH is 1. The summed E-state index contributed by atoms with van der Waals surface area (Å²) in [4.78, 5) is 50.1. The van der Waals surface area contributed by atoms with Gasteiger partial charge in [0.2, 0.25) is 11.8 Å². The predicted molar refractivity (Wildman–Crippen MR) is 184 cm³/mol. The number of ether oxygens (including phenoxy) is 1. The van der Waals surface area contributed by atoms with Gasteiger partial charge in [-0.1, -0.05) is 104 Å². The SMILES string of the molecule is CC[C@]12C=CCN(Cc3ccccc3)C(=O)[C@H]1[C@H]1C(=O)N([C@@H](CO)Cc3ccccc3)C3C(=O)N(c4cc(C)ccc4C)CC=C[C@@]31O2. The Kier molecular flexibility index (Phi) is 8.34. The number of aliphatic hydroxyl groups is 1. The lowest BCUT2D eigenvalue weighted by Crippen LogP contribution is -2.59. The lowest BCUT2D eigenvalue weighted by molar-refractivity contribution is -0.152. The highest BCUT2D eigenvalue weighted by Gasteiger charge is 2.76. The molecule has 248 valence electrons. The number of carbonyl (C=O) groups is 3. The molecule has 3 aromatic rings. The van der Waals surface area contributed by atoms with Crippen molar-refractivity contribution in [1.29, 1.82) is 0 Å². The second-order valence-electron chi connectivity index (χ2n) is 13.6. The van der Waals surface area contributed by atoms with Crippen molar-refractivity contribution in [2.24, 2.45) is 11.8 Å². The molecule has 0 bridgehead atoms. The molecule has 4 aliphatic rings. The number of fused-ring (bicyclic) bond motifs is 2. The van der Waals surface area contributed by atoms with Crippen LogP contribution < -0.4 is 4.90 Å². The average molecular weight is 646 g/mol. The molecule has 1 spiro atoms. The second-order valence-corrected chi connectivity index (χ2v) is 13.6. The summed E-state index contributed by atoms with van der Waals surface area (Å²) >= 11 is 0. The summed E-state index contributed by atoms with van der Waals surface area (Å²) < 4.78 is 7.19. The summed E-state index contributed by atoms with van der Waals surface area (Å²) in [5.74, 6) is -2.59. The van der Waals surface area contributed by atoms with E-state index in [1.165, 1.54) is 0 Å². The Morgan fingerprint density at radius 1 is 0.833 bits per heavy atom. The molecule has 2 saturated heterocycles. The number of carbonyl (C=O) groups excluding carboxylic acids is 3. The first-order valence-corrected chi connectivity index (χ1v) is 17.0. The zero-order valence-corrected chi connectivity index (χ0v) is 27.8. The van der Waals surface area contributed by atoms with Gasteiger partial charge in [0.15, 0.2) is 0 Å². The van der Waals surface area contributed by atoms with Crippen LogP contribution in [0.15, 0.2) is 103 Å². The Hall–Kier alpha value is -4.53. The van der Waals surface area contributed by atoms with Gasteiger partial charge in [0.25, 0.3) is 5.91 Å². The van der Waals surface area contributed by atoms with Gasteiger partial charge in [-0.2, -0.15) is 0 Å². The van der Waals surface area contributed by atoms with Crippen LogP contribution in [0.2, 0.25) is 0 Å². The van der Waals surface area contributed by atoms with Gasteiger partial charge in [-0.15, -0.1) is 0 Å².